The molecule has 2 unspecified atom stereocenters. The molecule has 2 rings (SSSR count). The van der Waals surface area contributed by atoms with E-state index in [1.165, 1.54) is 0 Å². The molecule has 0 saturated carbocycles. The van der Waals surface area contributed by atoms with Gasteiger partial charge < -0.3 is 14.9 Å². The largest absolute Gasteiger partial charge is 0.368 e. The highest BCUT2D eigenvalue weighted by atomic mass is 16.7. The Hall–Kier alpha value is -1.68. The Labute approximate surface area is 125 Å². The van der Waals surface area contributed by atoms with Crippen LogP contribution in [0.15, 0.2) is 60.7 Å². The molecule has 112 valence electrons. The van der Waals surface area contributed by atoms with Crippen LogP contribution < -0.4 is 0 Å². The molecular weight excluding hydrogens is 264 g/mol. The predicted molar refractivity (Wildman–Crippen MR) is 82.6 cm³/mol. The number of hydrogen-bond donors (Lipinski definition) is 2. The second-order valence-electron chi connectivity index (χ2n) is 5.09. The van der Waals surface area contributed by atoms with Crippen molar-refractivity contribution in [1.82, 2.24) is 0 Å². The first-order valence-electron chi connectivity index (χ1n) is 7.33. The van der Waals surface area contributed by atoms with Crippen molar-refractivity contribution in [3.05, 3.63) is 71.8 Å². The van der Waals surface area contributed by atoms with Crippen molar-refractivity contribution >= 4 is 0 Å². The highest BCUT2D eigenvalue weighted by molar-refractivity contribution is 5.15. The molecule has 21 heavy (non-hydrogen) atoms. The number of aliphatic hydroxyl groups excluding tert-OH is 2. The Morgan fingerprint density at radius 1 is 0.667 bits per heavy atom. The summed E-state index contributed by atoms with van der Waals surface area (Å²) < 4.78 is 5.20. The van der Waals surface area contributed by atoms with E-state index in [-0.39, 0.29) is 0 Å². The fourth-order valence-corrected chi connectivity index (χ4v) is 2.19. The Morgan fingerprint density at radius 3 is 1.43 bits per heavy atom. The lowest BCUT2D eigenvalue weighted by molar-refractivity contribution is -0.210. The van der Waals surface area contributed by atoms with Crippen molar-refractivity contribution in [3.63, 3.8) is 0 Å². The third-order valence-electron chi connectivity index (χ3n) is 3.36. The average Bonchev–Trinajstić information content (AvgIpc) is 2.53. The van der Waals surface area contributed by atoms with Gasteiger partial charge in [-0.15, -0.1) is 0 Å². The Kier molecular flexibility index (Phi) is 6.41. The Morgan fingerprint density at radius 2 is 1.05 bits per heavy atom. The summed E-state index contributed by atoms with van der Waals surface area (Å²) in [5, 5.41) is 19.6. The molecule has 0 aliphatic heterocycles. The maximum absolute atomic E-state index is 9.80. The number of benzene rings is 2. The lowest BCUT2D eigenvalue weighted by Gasteiger charge is -2.17. The lowest BCUT2D eigenvalue weighted by Crippen LogP contribution is -2.22. The van der Waals surface area contributed by atoms with Crippen molar-refractivity contribution in [2.45, 2.75) is 38.3 Å². The van der Waals surface area contributed by atoms with E-state index in [1.54, 1.807) is 0 Å². The molecule has 2 atom stereocenters. The lowest BCUT2D eigenvalue weighted by atomic mass is 10.1. The van der Waals surface area contributed by atoms with Crippen LogP contribution in [0, 0.1) is 0 Å². The molecule has 3 heteroatoms. The summed E-state index contributed by atoms with van der Waals surface area (Å²) in [5.74, 6) is 0. The zero-order chi connectivity index (χ0) is 14.9. The highest BCUT2D eigenvalue weighted by Gasteiger charge is 2.11. The summed E-state index contributed by atoms with van der Waals surface area (Å²) in [4.78, 5) is 0. The van der Waals surface area contributed by atoms with Gasteiger partial charge in [-0.3, -0.25) is 0 Å². The van der Waals surface area contributed by atoms with Crippen molar-refractivity contribution in [1.29, 1.82) is 0 Å². The molecule has 2 aromatic carbocycles. The van der Waals surface area contributed by atoms with E-state index in [0.717, 1.165) is 24.0 Å². The fourth-order valence-electron chi connectivity index (χ4n) is 2.19. The predicted octanol–water partition coefficient (Wildman–Crippen LogP) is 2.91. The monoisotopic (exact) mass is 286 g/mol. The van der Waals surface area contributed by atoms with Gasteiger partial charge in [0, 0.05) is 12.8 Å². The first kappa shape index (κ1) is 15.7. The van der Waals surface area contributed by atoms with E-state index in [0.29, 0.717) is 12.8 Å². The molecule has 0 amide bonds. The first-order chi connectivity index (χ1) is 10.2. The van der Waals surface area contributed by atoms with E-state index in [9.17, 15) is 10.2 Å². The highest BCUT2D eigenvalue weighted by Crippen LogP contribution is 2.10. The minimum Gasteiger partial charge on any atom is -0.368 e. The zero-order valence-corrected chi connectivity index (χ0v) is 12.1. The summed E-state index contributed by atoms with van der Waals surface area (Å²) in [5.41, 5.74) is 2.30. The fraction of sp³-hybridized carbons (Fsp3) is 0.333. The number of aliphatic hydroxyl groups is 2. The van der Waals surface area contributed by atoms with E-state index in [2.05, 4.69) is 0 Å². The Balaban J connectivity index is 1.66. The van der Waals surface area contributed by atoms with E-state index >= 15 is 0 Å². The van der Waals surface area contributed by atoms with Gasteiger partial charge in [0.25, 0.3) is 0 Å². The normalized spacial score (nSPS) is 13.8. The summed E-state index contributed by atoms with van der Waals surface area (Å²) in [7, 11) is 0. The second-order valence-corrected chi connectivity index (χ2v) is 5.09. The number of aryl methyl sites for hydroxylation is 2. The molecule has 0 aromatic heterocycles. The number of hydrogen-bond acceptors (Lipinski definition) is 3. The van der Waals surface area contributed by atoms with Crippen molar-refractivity contribution in [3.8, 4) is 0 Å². The SMILES string of the molecule is OC(CCc1ccccc1)OC(O)CCc1ccccc1. The van der Waals surface area contributed by atoms with Gasteiger partial charge in [-0.25, -0.2) is 0 Å². The van der Waals surface area contributed by atoms with Gasteiger partial charge in [-0.05, 0) is 24.0 Å². The standard InChI is InChI=1S/C18H22O3/c19-17(13-11-15-7-3-1-4-8-15)21-18(20)14-12-16-9-5-2-6-10-16/h1-10,17-20H,11-14H2. The molecule has 2 N–H and O–H groups in total. The van der Waals surface area contributed by atoms with Crippen molar-refractivity contribution in [2.75, 3.05) is 0 Å². The summed E-state index contributed by atoms with van der Waals surface area (Å²) in [6, 6.07) is 19.9. The van der Waals surface area contributed by atoms with Crippen molar-refractivity contribution in [2.24, 2.45) is 0 Å². The molecule has 0 fully saturated rings. The second kappa shape index (κ2) is 8.57. The van der Waals surface area contributed by atoms with Gasteiger partial charge >= 0.3 is 0 Å². The molecule has 0 aliphatic rings. The van der Waals surface area contributed by atoms with Crippen LogP contribution in [0.2, 0.25) is 0 Å². The van der Waals surface area contributed by atoms with Crippen LogP contribution in [0.25, 0.3) is 0 Å². The van der Waals surface area contributed by atoms with Gasteiger partial charge in [0.2, 0.25) is 0 Å². The van der Waals surface area contributed by atoms with Crippen LogP contribution in [-0.2, 0) is 17.6 Å². The van der Waals surface area contributed by atoms with Crippen LogP contribution in [0.3, 0.4) is 0 Å². The quantitative estimate of drug-likeness (QED) is 0.734. The molecule has 0 spiro atoms. The summed E-state index contributed by atoms with van der Waals surface area (Å²) >= 11 is 0. The van der Waals surface area contributed by atoms with Gasteiger partial charge in [0.1, 0.15) is 0 Å². The molecule has 0 radical (unpaired) electrons. The third kappa shape index (κ3) is 6.08. The maximum Gasteiger partial charge on any atom is 0.157 e. The molecule has 0 saturated heterocycles. The molecule has 0 heterocycles. The van der Waals surface area contributed by atoms with Gasteiger partial charge in [0.15, 0.2) is 12.6 Å². The minimum absolute atomic E-state index is 0.479. The van der Waals surface area contributed by atoms with E-state index < -0.39 is 12.6 Å². The molecule has 0 bridgehead atoms. The number of rotatable bonds is 8. The maximum atomic E-state index is 9.80. The van der Waals surface area contributed by atoms with Crippen LogP contribution in [0.1, 0.15) is 24.0 Å². The summed E-state index contributed by atoms with van der Waals surface area (Å²) in [6.45, 7) is 0. The van der Waals surface area contributed by atoms with Crippen LogP contribution in [0.4, 0.5) is 0 Å². The third-order valence-corrected chi connectivity index (χ3v) is 3.36. The van der Waals surface area contributed by atoms with Crippen LogP contribution in [-0.4, -0.2) is 22.8 Å². The van der Waals surface area contributed by atoms with Crippen LogP contribution >= 0.6 is 0 Å². The van der Waals surface area contributed by atoms with Crippen molar-refractivity contribution < 1.29 is 14.9 Å². The number of ether oxygens (including phenoxy) is 1. The first-order valence-corrected chi connectivity index (χ1v) is 7.33. The zero-order valence-electron chi connectivity index (χ0n) is 12.1. The van der Waals surface area contributed by atoms with Gasteiger partial charge in [-0.1, -0.05) is 60.7 Å². The molecule has 3 nitrogen and oxygen atoms in total. The molecule has 0 aliphatic carbocycles. The average molecular weight is 286 g/mol. The van der Waals surface area contributed by atoms with Crippen LogP contribution in [0.5, 0.6) is 0 Å². The topological polar surface area (TPSA) is 49.7 Å². The van der Waals surface area contributed by atoms with E-state index in [1.807, 2.05) is 60.7 Å². The summed E-state index contributed by atoms with van der Waals surface area (Å²) in [6.07, 6.45) is 0.548. The smallest absolute Gasteiger partial charge is 0.157 e. The van der Waals surface area contributed by atoms with Gasteiger partial charge in [0.05, 0.1) is 0 Å². The molecular formula is C18H22O3. The molecule has 2 aromatic rings. The minimum atomic E-state index is -0.934. The Bertz CT molecular complexity index is 451. The van der Waals surface area contributed by atoms with Gasteiger partial charge in [-0.2, -0.15) is 0 Å². The van der Waals surface area contributed by atoms with E-state index in [4.69, 9.17) is 4.74 Å².